The Kier molecular flexibility index (Phi) is 6.38. The molecular formula is C12H25N3O4S. The summed E-state index contributed by atoms with van der Waals surface area (Å²) in [7, 11) is -0.119. The summed E-state index contributed by atoms with van der Waals surface area (Å²) in [5.74, 6) is 0.0596. The van der Waals surface area contributed by atoms with Crippen molar-refractivity contribution in [3.05, 3.63) is 0 Å². The number of hydrogen-bond acceptors (Lipinski definition) is 5. The van der Waals surface area contributed by atoms with Gasteiger partial charge in [0.1, 0.15) is 0 Å². The summed E-state index contributed by atoms with van der Waals surface area (Å²) in [5.41, 5.74) is 0. The summed E-state index contributed by atoms with van der Waals surface area (Å²) >= 11 is 0. The minimum atomic E-state index is -3.17. The first-order valence-corrected chi connectivity index (χ1v) is 8.39. The van der Waals surface area contributed by atoms with Crippen LogP contribution in [-0.4, -0.2) is 92.2 Å². The number of carbonyl (C=O) groups excluding carboxylic acids is 1. The summed E-state index contributed by atoms with van der Waals surface area (Å²) in [6.45, 7) is 4.17. The Morgan fingerprint density at radius 3 is 2.50 bits per heavy atom. The Morgan fingerprint density at radius 2 is 1.95 bits per heavy atom. The van der Waals surface area contributed by atoms with E-state index in [1.807, 2.05) is 4.90 Å². The number of aliphatic hydroxyl groups is 1. The largest absolute Gasteiger partial charge is 0.390 e. The Hall–Kier alpha value is -0.700. The topological polar surface area (TPSA) is 81.2 Å². The standard InChI is InChI=1S/C12H25N3O4S/c1-11(16)15-7-6-14(9-12(17)10-15)5-4-8-20(18,19)13(2)3/h12,17H,4-10H2,1-3H3/t12-/m1/s1. The van der Waals surface area contributed by atoms with Crippen LogP contribution in [0, 0.1) is 0 Å². The van der Waals surface area contributed by atoms with Crippen LogP contribution in [0.2, 0.25) is 0 Å². The molecule has 0 aromatic rings. The number of amides is 1. The first kappa shape index (κ1) is 17.4. The monoisotopic (exact) mass is 307 g/mol. The van der Waals surface area contributed by atoms with Crippen LogP contribution in [0.4, 0.5) is 0 Å². The third-order valence-electron chi connectivity index (χ3n) is 3.46. The quantitative estimate of drug-likeness (QED) is 0.689. The van der Waals surface area contributed by atoms with E-state index in [-0.39, 0.29) is 11.7 Å². The molecular weight excluding hydrogens is 282 g/mol. The van der Waals surface area contributed by atoms with Crippen LogP contribution in [0.5, 0.6) is 0 Å². The van der Waals surface area contributed by atoms with Crippen molar-refractivity contribution in [3.63, 3.8) is 0 Å². The molecule has 0 spiro atoms. The number of carbonyl (C=O) groups is 1. The third-order valence-corrected chi connectivity index (χ3v) is 5.38. The lowest BCUT2D eigenvalue weighted by Crippen LogP contribution is -2.36. The maximum absolute atomic E-state index is 11.7. The minimum absolute atomic E-state index is 0.0407. The van der Waals surface area contributed by atoms with Gasteiger partial charge in [0.25, 0.3) is 0 Å². The number of nitrogens with zero attached hydrogens (tertiary/aromatic N) is 3. The van der Waals surface area contributed by atoms with Crippen molar-refractivity contribution in [2.75, 3.05) is 52.6 Å². The predicted octanol–water partition coefficient (Wildman–Crippen LogP) is -1.21. The SMILES string of the molecule is CC(=O)N1CCN(CCCS(=O)(=O)N(C)C)C[C@@H](O)C1. The number of hydrogen-bond donors (Lipinski definition) is 1. The number of sulfonamides is 1. The molecule has 1 rings (SSSR count). The smallest absolute Gasteiger partial charge is 0.219 e. The molecule has 0 aromatic carbocycles. The highest BCUT2D eigenvalue weighted by molar-refractivity contribution is 7.89. The molecule has 0 radical (unpaired) electrons. The third kappa shape index (κ3) is 5.35. The molecule has 0 aromatic heterocycles. The van der Waals surface area contributed by atoms with E-state index < -0.39 is 16.1 Å². The second-order valence-electron chi connectivity index (χ2n) is 5.37. The molecule has 7 nitrogen and oxygen atoms in total. The lowest BCUT2D eigenvalue weighted by molar-refractivity contribution is -0.129. The van der Waals surface area contributed by atoms with Crippen molar-refractivity contribution in [2.45, 2.75) is 19.4 Å². The molecule has 1 saturated heterocycles. The van der Waals surface area contributed by atoms with Gasteiger partial charge in [0.15, 0.2) is 0 Å². The molecule has 1 N–H and O–H groups in total. The first-order valence-electron chi connectivity index (χ1n) is 6.78. The Balaban J connectivity index is 2.43. The number of rotatable bonds is 5. The number of β-amino-alcohol motifs (C(OH)–C–C–N with tert-alkyl or cyclic N) is 1. The average Bonchev–Trinajstić information content (AvgIpc) is 2.50. The molecule has 0 aliphatic carbocycles. The van der Waals surface area contributed by atoms with Gasteiger partial charge in [-0.15, -0.1) is 0 Å². The van der Waals surface area contributed by atoms with Crippen LogP contribution in [0.25, 0.3) is 0 Å². The zero-order valence-electron chi connectivity index (χ0n) is 12.4. The van der Waals surface area contributed by atoms with Gasteiger partial charge < -0.3 is 10.0 Å². The molecule has 0 bridgehead atoms. The van der Waals surface area contributed by atoms with Gasteiger partial charge in [-0.25, -0.2) is 12.7 Å². The summed E-state index contributed by atoms with van der Waals surface area (Å²) < 4.78 is 24.5. The summed E-state index contributed by atoms with van der Waals surface area (Å²) in [4.78, 5) is 15.0. The van der Waals surface area contributed by atoms with E-state index in [0.717, 1.165) is 0 Å². The van der Waals surface area contributed by atoms with Crippen LogP contribution in [0.1, 0.15) is 13.3 Å². The molecule has 8 heteroatoms. The maximum Gasteiger partial charge on any atom is 0.219 e. The molecule has 0 saturated carbocycles. The fourth-order valence-electron chi connectivity index (χ4n) is 2.20. The molecule has 1 aliphatic rings. The second kappa shape index (κ2) is 7.35. The fraction of sp³-hybridized carbons (Fsp3) is 0.917. The van der Waals surface area contributed by atoms with E-state index in [0.29, 0.717) is 39.1 Å². The highest BCUT2D eigenvalue weighted by Crippen LogP contribution is 2.06. The van der Waals surface area contributed by atoms with E-state index in [1.165, 1.54) is 25.3 Å². The van der Waals surface area contributed by atoms with Crippen LogP contribution in [-0.2, 0) is 14.8 Å². The Labute approximate surface area is 121 Å². The van der Waals surface area contributed by atoms with Crippen molar-refractivity contribution in [2.24, 2.45) is 0 Å². The maximum atomic E-state index is 11.7. The summed E-state index contributed by atoms with van der Waals surface area (Å²) in [6.07, 6.45) is -0.0558. The van der Waals surface area contributed by atoms with Gasteiger partial charge in [-0.2, -0.15) is 0 Å². The van der Waals surface area contributed by atoms with Gasteiger partial charge in [0.05, 0.1) is 11.9 Å². The van der Waals surface area contributed by atoms with E-state index in [9.17, 15) is 18.3 Å². The molecule has 118 valence electrons. The van der Waals surface area contributed by atoms with Gasteiger partial charge in [-0.3, -0.25) is 9.69 Å². The fourth-order valence-corrected chi connectivity index (χ4v) is 3.06. The average molecular weight is 307 g/mol. The lowest BCUT2D eigenvalue weighted by Gasteiger charge is -2.21. The van der Waals surface area contributed by atoms with Crippen molar-refractivity contribution in [1.29, 1.82) is 0 Å². The van der Waals surface area contributed by atoms with Gasteiger partial charge in [0, 0.05) is 47.2 Å². The van der Waals surface area contributed by atoms with Crippen molar-refractivity contribution < 1.29 is 18.3 Å². The van der Waals surface area contributed by atoms with E-state index in [4.69, 9.17) is 0 Å². The van der Waals surface area contributed by atoms with Gasteiger partial charge >= 0.3 is 0 Å². The normalized spacial score (nSPS) is 22.1. The van der Waals surface area contributed by atoms with E-state index in [1.54, 1.807) is 4.90 Å². The zero-order valence-corrected chi connectivity index (χ0v) is 13.3. The lowest BCUT2D eigenvalue weighted by atomic mass is 10.3. The van der Waals surface area contributed by atoms with Crippen LogP contribution < -0.4 is 0 Å². The first-order chi connectivity index (χ1) is 9.22. The molecule has 1 aliphatic heterocycles. The van der Waals surface area contributed by atoms with Gasteiger partial charge in [0.2, 0.25) is 15.9 Å². The van der Waals surface area contributed by atoms with Gasteiger partial charge in [-0.05, 0) is 13.0 Å². The Bertz CT molecular complexity index is 424. The molecule has 1 fully saturated rings. The molecule has 1 heterocycles. The summed E-state index contributed by atoms with van der Waals surface area (Å²) in [5, 5.41) is 9.86. The minimum Gasteiger partial charge on any atom is -0.390 e. The molecule has 0 unspecified atom stereocenters. The van der Waals surface area contributed by atoms with E-state index in [2.05, 4.69) is 0 Å². The van der Waals surface area contributed by atoms with Crippen LogP contribution in [0.3, 0.4) is 0 Å². The molecule has 20 heavy (non-hydrogen) atoms. The predicted molar refractivity (Wildman–Crippen MR) is 76.8 cm³/mol. The second-order valence-corrected chi connectivity index (χ2v) is 7.67. The molecule has 1 amide bonds. The van der Waals surface area contributed by atoms with Gasteiger partial charge in [-0.1, -0.05) is 0 Å². The summed E-state index contributed by atoms with van der Waals surface area (Å²) in [6, 6.07) is 0. The highest BCUT2D eigenvalue weighted by atomic mass is 32.2. The molecule has 1 atom stereocenters. The van der Waals surface area contributed by atoms with Crippen molar-refractivity contribution >= 4 is 15.9 Å². The highest BCUT2D eigenvalue weighted by Gasteiger charge is 2.23. The zero-order chi connectivity index (χ0) is 15.3. The Morgan fingerprint density at radius 1 is 1.30 bits per heavy atom. The number of aliphatic hydroxyl groups excluding tert-OH is 1. The van der Waals surface area contributed by atoms with Crippen LogP contribution >= 0.6 is 0 Å². The van der Waals surface area contributed by atoms with Crippen molar-refractivity contribution in [3.8, 4) is 0 Å². The van der Waals surface area contributed by atoms with Crippen LogP contribution in [0.15, 0.2) is 0 Å². The van der Waals surface area contributed by atoms with Crippen molar-refractivity contribution in [1.82, 2.24) is 14.1 Å². The van der Waals surface area contributed by atoms with E-state index >= 15 is 0 Å².